The maximum atomic E-state index is 14.1. The van der Waals surface area contributed by atoms with Crippen molar-refractivity contribution in [2.45, 2.75) is 25.8 Å². The summed E-state index contributed by atoms with van der Waals surface area (Å²) < 4.78 is 27.5. The number of halogens is 2. The lowest BCUT2D eigenvalue weighted by Crippen LogP contribution is -2.46. The van der Waals surface area contributed by atoms with E-state index in [0.717, 1.165) is 31.5 Å². The van der Waals surface area contributed by atoms with Gasteiger partial charge in [-0.05, 0) is 32.4 Å². The summed E-state index contributed by atoms with van der Waals surface area (Å²) in [6, 6.07) is 1.75. The molecule has 1 N–H and O–H groups in total. The SMILES string of the molecule is CCN(c1c([N+](=O)[O-])ccc(F)c1F)C1CCCNC1. The first-order valence-corrected chi connectivity index (χ1v) is 6.66. The van der Waals surface area contributed by atoms with Crippen LogP contribution in [0.1, 0.15) is 19.8 Å². The van der Waals surface area contributed by atoms with Crippen LogP contribution in [0.5, 0.6) is 0 Å². The summed E-state index contributed by atoms with van der Waals surface area (Å²) in [7, 11) is 0. The Balaban J connectivity index is 2.46. The first kappa shape index (κ1) is 14.6. The number of nitrogens with one attached hydrogen (secondary N) is 1. The van der Waals surface area contributed by atoms with E-state index in [9.17, 15) is 18.9 Å². The van der Waals surface area contributed by atoms with Crippen LogP contribution in [-0.2, 0) is 0 Å². The molecule has 110 valence electrons. The van der Waals surface area contributed by atoms with Gasteiger partial charge in [-0.3, -0.25) is 10.1 Å². The monoisotopic (exact) mass is 285 g/mol. The molecule has 0 bridgehead atoms. The number of piperidine rings is 1. The van der Waals surface area contributed by atoms with Crippen molar-refractivity contribution >= 4 is 11.4 Å². The number of nitro groups is 1. The number of hydrogen-bond donors (Lipinski definition) is 1. The average molecular weight is 285 g/mol. The maximum absolute atomic E-state index is 14.1. The number of rotatable bonds is 4. The van der Waals surface area contributed by atoms with E-state index in [1.807, 2.05) is 0 Å². The van der Waals surface area contributed by atoms with Gasteiger partial charge in [0.2, 0.25) is 0 Å². The molecule has 0 saturated carbocycles. The Bertz CT molecular complexity index is 505. The molecule has 1 saturated heterocycles. The number of nitro benzene ring substituents is 1. The zero-order valence-corrected chi connectivity index (χ0v) is 11.2. The fourth-order valence-electron chi connectivity index (χ4n) is 2.65. The van der Waals surface area contributed by atoms with Crippen molar-refractivity contribution < 1.29 is 13.7 Å². The zero-order chi connectivity index (χ0) is 14.7. The highest BCUT2D eigenvalue weighted by atomic mass is 19.2. The second kappa shape index (κ2) is 6.13. The minimum absolute atomic E-state index is 0.0660. The Labute approximate surface area is 115 Å². The lowest BCUT2D eigenvalue weighted by Gasteiger charge is -2.35. The third-order valence-corrected chi connectivity index (χ3v) is 3.58. The highest BCUT2D eigenvalue weighted by Crippen LogP contribution is 2.34. The Hall–Kier alpha value is -1.76. The predicted octanol–water partition coefficient (Wildman–Crippen LogP) is 2.45. The first-order valence-electron chi connectivity index (χ1n) is 6.66. The van der Waals surface area contributed by atoms with Crippen LogP contribution in [0.25, 0.3) is 0 Å². The van der Waals surface area contributed by atoms with E-state index in [4.69, 9.17) is 0 Å². The fraction of sp³-hybridized carbons (Fsp3) is 0.538. The van der Waals surface area contributed by atoms with Gasteiger partial charge in [0, 0.05) is 25.2 Å². The topological polar surface area (TPSA) is 58.4 Å². The van der Waals surface area contributed by atoms with Gasteiger partial charge in [-0.15, -0.1) is 0 Å². The molecule has 1 unspecified atom stereocenters. The van der Waals surface area contributed by atoms with E-state index in [0.29, 0.717) is 13.1 Å². The highest BCUT2D eigenvalue weighted by molar-refractivity contribution is 5.65. The molecule has 1 aliphatic heterocycles. The number of benzene rings is 1. The molecule has 1 aromatic carbocycles. The van der Waals surface area contributed by atoms with Crippen LogP contribution in [0.2, 0.25) is 0 Å². The van der Waals surface area contributed by atoms with Gasteiger partial charge < -0.3 is 10.2 Å². The molecule has 7 heteroatoms. The van der Waals surface area contributed by atoms with Gasteiger partial charge in [-0.25, -0.2) is 8.78 Å². The smallest absolute Gasteiger partial charge is 0.295 e. The van der Waals surface area contributed by atoms with Crippen LogP contribution in [0, 0.1) is 21.7 Å². The number of hydrogen-bond acceptors (Lipinski definition) is 4. The predicted molar refractivity (Wildman–Crippen MR) is 71.9 cm³/mol. The minimum Gasteiger partial charge on any atom is -0.360 e. The average Bonchev–Trinajstić information content (AvgIpc) is 2.45. The Morgan fingerprint density at radius 2 is 2.25 bits per heavy atom. The lowest BCUT2D eigenvalue weighted by molar-refractivity contribution is -0.384. The lowest BCUT2D eigenvalue weighted by atomic mass is 10.0. The van der Waals surface area contributed by atoms with E-state index in [-0.39, 0.29) is 11.7 Å². The number of anilines is 1. The van der Waals surface area contributed by atoms with Crippen LogP contribution < -0.4 is 10.2 Å². The van der Waals surface area contributed by atoms with Crippen molar-refractivity contribution in [3.63, 3.8) is 0 Å². The van der Waals surface area contributed by atoms with Gasteiger partial charge in [-0.1, -0.05) is 0 Å². The van der Waals surface area contributed by atoms with Crippen LogP contribution in [0.3, 0.4) is 0 Å². The van der Waals surface area contributed by atoms with E-state index in [1.165, 1.54) is 0 Å². The molecular weight excluding hydrogens is 268 g/mol. The summed E-state index contributed by atoms with van der Waals surface area (Å²) >= 11 is 0. The fourth-order valence-corrected chi connectivity index (χ4v) is 2.65. The molecule has 0 amide bonds. The minimum atomic E-state index is -1.15. The van der Waals surface area contributed by atoms with Gasteiger partial charge in [-0.2, -0.15) is 0 Å². The van der Waals surface area contributed by atoms with E-state index >= 15 is 0 Å². The molecule has 0 aliphatic carbocycles. The Morgan fingerprint density at radius 1 is 1.50 bits per heavy atom. The molecule has 0 spiro atoms. The molecule has 1 heterocycles. The quantitative estimate of drug-likeness (QED) is 0.682. The molecular formula is C13H17F2N3O2. The van der Waals surface area contributed by atoms with Crippen molar-refractivity contribution in [3.8, 4) is 0 Å². The molecule has 0 aromatic heterocycles. The zero-order valence-electron chi connectivity index (χ0n) is 11.2. The second-order valence-corrected chi connectivity index (χ2v) is 4.77. The second-order valence-electron chi connectivity index (χ2n) is 4.77. The number of likely N-dealkylation sites (N-methyl/N-ethyl adjacent to an activating group) is 1. The van der Waals surface area contributed by atoms with E-state index in [2.05, 4.69) is 5.32 Å². The van der Waals surface area contributed by atoms with Gasteiger partial charge in [0.1, 0.15) is 0 Å². The van der Waals surface area contributed by atoms with Crippen molar-refractivity contribution in [2.24, 2.45) is 0 Å². The summed E-state index contributed by atoms with van der Waals surface area (Å²) in [5, 5.41) is 14.2. The molecule has 1 aromatic rings. The maximum Gasteiger partial charge on any atom is 0.295 e. The summed E-state index contributed by atoms with van der Waals surface area (Å²) in [5.41, 5.74) is -0.637. The van der Waals surface area contributed by atoms with Gasteiger partial charge >= 0.3 is 0 Å². The van der Waals surface area contributed by atoms with Gasteiger partial charge in [0.25, 0.3) is 5.69 Å². The Kier molecular flexibility index (Phi) is 4.49. The van der Waals surface area contributed by atoms with E-state index in [1.54, 1.807) is 11.8 Å². The van der Waals surface area contributed by atoms with Crippen molar-refractivity contribution in [1.82, 2.24) is 5.32 Å². The molecule has 20 heavy (non-hydrogen) atoms. The standard InChI is InChI=1S/C13H17F2N3O2/c1-2-17(9-4-3-7-16-8-9)13-11(18(19)20)6-5-10(14)12(13)15/h5-6,9,16H,2-4,7-8H2,1H3. The van der Waals surface area contributed by atoms with E-state index < -0.39 is 22.2 Å². The molecule has 0 radical (unpaired) electrons. The van der Waals surface area contributed by atoms with Gasteiger partial charge in [0.05, 0.1) is 4.92 Å². The summed E-state index contributed by atoms with van der Waals surface area (Å²) in [6.07, 6.45) is 1.71. The largest absolute Gasteiger partial charge is 0.360 e. The molecule has 1 fully saturated rings. The third kappa shape index (κ3) is 2.72. The Morgan fingerprint density at radius 3 is 2.80 bits per heavy atom. The van der Waals surface area contributed by atoms with Crippen molar-refractivity contribution in [1.29, 1.82) is 0 Å². The summed E-state index contributed by atoms with van der Waals surface area (Å²) in [6.45, 7) is 3.65. The molecule has 5 nitrogen and oxygen atoms in total. The van der Waals surface area contributed by atoms with Crippen molar-refractivity contribution in [3.05, 3.63) is 33.9 Å². The highest BCUT2D eigenvalue weighted by Gasteiger charge is 2.30. The molecule has 2 rings (SSSR count). The molecule has 1 atom stereocenters. The third-order valence-electron chi connectivity index (χ3n) is 3.58. The van der Waals surface area contributed by atoms with Crippen molar-refractivity contribution in [2.75, 3.05) is 24.5 Å². The summed E-state index contributed by atoms with van der Waals surface area (Å²) in [4.78, 5) is 12.0. The van der Waals surface area contributed by atoms with Crippen LogP contribution in [0.15, 0.2) is 12.1 Å². The normalized spacial score (nSPS) is 18.9. The van der Waals surface area contributed by atoms with Gasteiger partial charge in [0.15, 0.2) is 17.3 Å². The van der Waals surface area contributed by atoms with Crippen LogP contribution in [0.4, 0.5) is 20.2 Å². The van der Waals surface area contributed by atoms with Crippen LogP contribution >= 0.6 is 0 Å². The first-order chi connectivity index (χ1) is 9.56. The molecule has 1 aliphatic rings. The van der Waals surface area contributed by atoms with Crippen LogP contribution in [-0.4, -0.2) is 30.6 Å². The number of nitrogens with zero attached hydrogens (tertiary/aromatic N) is 2. The summed E-state index contributed by atoms with van der Waals surface area (Å²) in [5.74, 6) is -2.21.